The topological polar surface area (TPSA) is 75.3 Å². The van der Waals surface area contributed by atoms with Gasteiger partial charge < -0.3 is 16.2 Å². The van der Waals surface area contributed by atoms with Crippen LogP contribution in [0.3, 0.4) is 0 Å². The van der Waals surface area contributed by atoms with Crippen molar-refractivity contribution < 1.29 is 9.90 Å². The molecule has 0 aliphatic carbocycles. The maximum absolute atomic E-state index is 10.7. The highest BCUT2D eigenvalue weighted by molar-refractivity contribution is 5.73. The Morgan fingerprint density at radius 1 is 1.60 bits per heavy atom. The molecule has 15 heavy (non-hydrogen) atoms. The van der Waals surface area contributed by atoms with Crippen molar-refractivity contribution in [1.29, 1.82) is 0 Å². The molecule has 4 heteroatoms. The van der Waals surface area contributed by atoms with Crippen LogP contribution in [0.5, 0.6) is 0 Å². The van der Waals surface area contributed by atoms with Crippen molar-refractivity contribution in [2.45, 2.75) is 18.4 Å². The van der Waals surface area contributed by atoms with Crippen LogP contribution in [0.1, 0.15) is 17.9 Å². The third kappa shape index (κ3) is 1.94. The highest BCUT2D eigenvalue weighted by Crippen LogP contribution is 2.33. The first kappa shape index (κ1) is 9.98. The van der Waals surface area contributed by atoms with E-state index in [4.69, 9.17) is 10.8 Å². The summed E-state index contributed by atoms with van der Waals surface area (Å²) >= 11 is 0. The Hall–Kier alpha value is -1.55. The lowest BCUT2D eigenvalue weighted by molar-refractivity contribution is -0.138. The van der Waals surface area contributed by atoms with Gasteiger partial charge in [-0.1, -0.05) is 18.2 Å². The van der Waals surface area contributed by atoms with Crippen molar-refractivity contribution in [2.24, 2.45) is 5.73 Å². The molecule has 0 spiro atoms. The smallest absolute Gasteiger partial charge is 0.320 e. The number of nitrogens with two attached hydrogens (primary N) is 1. The van der Waals surface area contributed by atoms with E-state index in [2.05, 4.69) is 5.32 Å². The number of carboxylic acids is 1. The lowest BCUT2D eigenvalue weighted by Gasteiger charge is -2.12. The summed E-state index contributed by atoms with van der Waals surface area (Å²) in [6, 6.07) is 7.18. The number of carboxylic acid groups (broad SMARTS) is 1. The van der Waals surface area contributed by atoms with Crippen LogP contribution in [0.2, 0.25) is 0 Å². The van der Waals surface area contributed by atoms with Crippen molar-refractivity contribution in [3.63, 3.8) is 0 Å². The third-order valence-corrected chi connectivity index (χ3v) is 2.80. The molecule has 4 nitrogen and oxygen atoms in total. The second-order valence-electron chi connectivity index (χ2n) is 3.85. The fraction of sp³-hybridized carbons (Fsp3) is 0.364. The number of anilines is 1. The molecule has 0 amide bonds. The Balaban J connectivity index is 2.11. The number of hydrogen-bond donors (Lipinski definition) is 3. The van der Waals surface area contributed by atoms with Gasteiger partial charge in [-0.2, -0.15) is 0 Å². The first-order valence-electron chi connectivity index (χ1n) is 4.99. The first-order valence-corrected chi connectivity index (χ1v) is 4.99. The van der Waals surface area contributed by atoms with Gasteiger partial charge in [0.1, 0.15) is 6.04 Å². The first-order chi connectivity index (χ1) is 7.18. The molecule has 0 saturated heterocycles. The minimum Gasteiger partial charge on any atom is -0.480 e. The molecule has 0 aromatic heterocycles. The number of fused-ring (bicyclic) bond motifs is 1. The molecule has 0 unspecified atom stereocenters. The average Bonchev–Trinajstić information content (AvgIpc) is 2.62. The zero-order valence-corrected chi connectivity index (χ0v) is 8.31. The third-order valence-electron chi connectivity index (χ3n) is 2.80. The van der Waals surface area contributed by atoms with Crippen LogP contribution >= 0.6 is 0 Å². The van der Waals surface area contributed by atoms with E-state index in [-0.39, 0.29) is 5.92 Å². The second-order valence-corrected chi connectivity index (χ2v) is 3.85. The number of rotatable bonds is 3. The summed E-state index contributed by atoms with van der Waals surface area (Å²) in [5.74, 6) is -0.716. The monoisotopic (exact) mass is 206 g/mol. The molecule has 1 aliphatic heterocycles. The van der Waals surface area contributed by atoms with Gasteiger partial charge in [-0.15, -0.1) is 0 Å². The summed E-state index contributed by atoms with van der Waals surface area (Å²) in [5, 5.41) is 12.0. The standard InChI is InChI=1S/C11H14N2O2/c12-9(11(14)15)5-7-6-13-10-4-2-1-3-8(7)10/h1-4,7,9,13H,5-6,12H2,(H,14,15)/t7-,9-/m1/s1. The van der Waals surface area contributed by atoms with Crippen LogP contribution in [0, 0.1) is 0 Å². The molecule has 4 N–H and O–H groups in total. The number of benzene rings is 1. The Morgan fingerprint density at radius 3 is 3.07 bits per heavy atom. The molecule has 0 fully saturated rings. The molecule has 1 aromatic carbocycles. The van der Waals surface area contributed by atoms with Crippen LogP contribution in [0.4, 0.5) is 5.69 Å². The van der Waals surface area contributed by atoms with Gasteiger partial charge in [0.2, 0.25) is 0 Å². The molecule has 1 aromatic rings. The van der Waals surface area contributed by atoms with Crippen molar-refractivity contribution in [3.8, 4) is 0 Å². The molecule has 2 atom stereocenters. The number of carbonyl (C=O) groups is 1. The Kier molecular flexibility index (Phi) is 2.60. The quantitative estimate of drug-likeness (QED) is 0.689. The van der Waals surface area contributed by atoms with Crippen molar-refractivity contribution in [2.75, 3.05) is 11.9 Å². The van der Waals surface area contributed by atoms with E-state index in [1.807, 2.05) is 24.3 Å². The van der Waals surface area contributed by atoms with Gasteiger partial charge in [0.05, 0.1) is 0 Å². The number of aliphatic carboxylic acids is 1. The molecule has 1 aliphatic rings. The number of para-hydroxylation sites is 1. The van der Waals surface area contributed by atoms with Gasteiger partial charge >= 0.3 is 5.97 Å². The molecule has 0 radical (unpaired) electrons. The van der Waals surface area contributed by atoms with Crippen LogP contribution in [0.15, 0.2) is 24.3 Å². The molecule has 1 heterocycles. The van der Waals surface area contributed by atoms with Crippen LogP contribution in [-0.4, -0.2) is 23.7 Å². The largest absolute Gasteiger partial charge is 0.480 e. The van der Waals surface area contributed by atoms with Crippen molar-refractivity contribution >= 4 is 11.7 Å². The molecule has 80 valence electrons. The lowest BCUT2D eigenvalue weighted by Crippen LogP contribution is -2.32. The second kappa shape index (κ2) is 3.90. The van der Waals surface area contributed by atoms with Crippen LogP contribution in [-0.2, 0) is 4.79 Å². The number of hydrogen-bond acceptors (Lipinski definition) is 3. The van der Waals surface area contributed by atoms with Crippen molar-refractivity contribution in [1.82, 2.24) is 0 Å². The highest BCUT2D eigenvalue weighted by atomic mass is 16.4. The Labute approximate surface area is 88.1 Å². The van der Waals surface area contributed by atoms with Crippen LogP contribution in [0.25, 0.3) is 0 Å². The van der Waals surface area contributed by atoms with Crippen LogP contribution < -0.4 is 11.1 Å². The normalized spacial score (nSPS) is 20.5. The van der Waals surface area contributed by atoms with E-state index in [0.717, 1.165) is 12.2 Å². The summed E-state index contributed by atoms with van der Waals surface area (Å²) in [7, 11) is 0. The maximum atomic E-state index is 10.7. The van der Waals surface area contributed by atoms with Gasteiger partial charge in [0.25, 0.3) is 0 Å². The molecule has 2 rings (SSSR count). The fourth-order valence-corrected chi connectivity index (χ4v) is 1.97. The Bertz CT molecular complexity index is 379. The number of nitrogens with one attached hydrogen (secondary N) is 1. The van der Waals surface area contributed by atoms with Gasteiger partial charge in [-0.25, -0.2) is 0 Å². The summed E-state index contributed by atoms with van der Waals surface area (Å²) in [5.41, 5.74) is 7.80. The summed E-state index contributed by atoms with van der Waals surface area (Å²) in [4.78, 5) is 10.7. The molecular weight excluding hydrogens is 192 g/mol. The SMILES string of the molecule is N[C@H](C[C@@H]1CNc2ccccc21)C(=O)O. The Morgan fingerprint density at radius 2 is 2.33 bits per heavy atom. The zero-order valence-electron chi connectivity index (χ0n) is 8.31. The lowest BCUT2D eigenvalue weighted by atomic mass is 9.94. The molecular formula is C11H14N2O2. The van der Waals surface area contributed by atoms with Gasteiger partial charge in [0, 0.05) is 18.2 Å². The zero-order chi connectivity index (χ0) is 10.8. The summed E-state index contributed by atoms with van der Waals surface area (Å²) in [6.07, 6.45) is 0.485. The minimum absolute atomic E-state index is 0.215. The maximum Gasteiger partial charge on any atom is 0.320 e. The predicted octanol–water partition coefficient (Wildman–Crippen LogP) is 0.998. The minimum atomic E-state index is -0.931. The van der Waals surface area contributed by atoms with E-state index in [0.29, 0.717) is 6.42 Å². The fourth-order valence-electron chi connectivity index (χ4n) is 1.97. The van der Waals surface area contributed by atoms with E-state index in [1.54, 1.807) is 0 Å². The highest BCUT2D eigenvalue weighted by Gasteiger charge is 2.25. The average molecular weight is 206 g/mol. The van der Waals surface area contributed by atoms with E-state index < -0.39 is 12.0 Å². The molecule has 0 saturated carbocycles. The predicted molar refractivity (Wildman–Crippen MR) is 57.9 cm³/mol. The van der Waals surface area contributed by atoms with Gasteiger partial charge in [-0.3, -0.25) is 4.79 Å². The van der Waals surface area contributed by atoms with Crippen molar-refractivity contribution in [3.05, 3.63) is 29.8 Å². The summed E-state index contributed by atoms with van der Waals surface area (Å²) in [6.45, 7) is 0.778. The van der Waals surface area contributed by atoms with Gasteiger partial charge in [0.15, 0.2) is 0 Å². The molecule has 0 bridgehead atoms. The van der Waals surface area contributed by atoms with Gasteiger partial charge in [-0.05, 0) is 18.1 Å². The van der Waals surface area contributed by atoms with E-state index >= 15 is 0 Å². The van der Waals surface area contributed by atoms with E-state index in [1.165, 1.54) is 5.56 Å². The summed E-state index contributed by atoms with van der Waals surface area (Å²) < 4.78 is 0. The van der Waals surface area contributed by atoms with E-state index in [9.17, 15) is 4.79 Å².